The van der Waals surface area contributed by atoms with Gasteiger partial charge in [-0.1, -0.05) is 35.9 Å². The largest absolute Gasteiger partial charge is 0.494 e. The van der Waals surface area contributed by atoms with Gasteiger partial charge in [0.25, 0.3) is 0 Å². The third-order valence-corrected chi connectivity index (χ3v) is 8.49. The van der Waals surface area contributed by atoms with Crippen molar-refractivity contribution in [3.8, 4) is 5.75 Å². The summed E-state index contributed by atoms with van der Waals surface area (Å²) in [6, 6.07) is 14.2. The van der Waals surface area contributed by atoms with Crippen LogP contribution in [-0.4, -0.2) is 32.6 Å². The van der Waals surface area contributed by atoms with E-state index < -0.39 is 9.84 Å². The van der Waals surface area contributed by atoms with Crippen LogP contribution in [0.5, 0.6) is 5.75 Å². The van der Waals surface area contributed by atoms with E-state index in [1.165, 1.54) is 11.1 Å². The molecule has 0 heterocycles. The van der Waals surface area contributed by atoms with Gasteiger partial charge in [0.1, 0.15) is 5.75 Å². The van der Waals surface area contributed by atoms with Crippen LogP contribution in [0, 0.1) is 5.92 Å². The van der Waals surface area contributed by atoms with Crippen LogP contribution >= 0.6 is 11.6 Å². The summed E-state index contributed by atoms with van der Waals surface area (Å²) in [5.74, 6) is 1.92. The average Bonchev–Trinajstić information content (AvgIpc) is 3.52. The van der Waals surface area contributed by atoms with Crippen LogP contribution in [0.15, 0.2) is 42.5 Å². The summed E-state index contributed by atoms with van der Waals surface area (Å²) in [6.07, 6.45) is 5.37. The number of fused-ring (bicyclic) bond motifs is 1. The summed E-state index contributed by atoms with van der Waals surface area (Å²) < 4.78 is 30.1. The minimum absolute atomic E-state index is 0.0802. The highest BCUT2D eigenvalue weighted by Gasteiger charge is 2.29. The standard InChI is InChI=1S/C24H30ClNO3S/c25-23-5-2-1-4-19(23)14-22-21-15-20(10-8-18(21)9-11-24(22)26)29-12-3-13-30(27,28)16-17-6-7-17/h1-2,4-5,8,10,15,17,22,24H,3,6-7,9,11-14,16,26H2. The predicted molar refractivity (Wildman–Crippen MR) is 122 cm³/mol. The van der Waals surface area contributed by atoms with Gasteiger partial charge in [-0.3, -0.25) is 0 Å². The monoisotopic (exact) mass is 447 g/mol. The van der Waals surface area contributed by atoms with E-state index >= 15 is 0 Å². The second kappa shape index (κ2) is 9.29. The van der Waals surface area contributed by atoms with Crippen molar-refractivity contribution in [2.45, 2.75) is 50.5 Å². The maximum absolute atomic E-state index is 12.1. The third kappa shape index (κ3) is 5.57. The molecule has 0 radical (unpaired) electrons. The van der Waals surface area contributed by atoms with Crippen LogP contribution in [0.25, 0.3) is 0 Å². The molecule has 1 fully saturated rings. The second-order valence-electron chi connectivity index (χ2n) is 8.72. The Labute approximate surface area is 184 Å². The van der Waals surface area contributed by atoms with E-state index in [4.69, 9.17) is 22.1 Å². The minimum Gasteiger partial charge on any atom is -0.494 e. The van der Waals surface area contributed by atoms with Crippen molar-refractivity contribution < 1.29 is 13.2 Å². The summed E-state index contributed by atoms with van der Waals surface area (Å²) in [5.41, 5.74) is 10.2. The summed E-state index contributed by atoms with van der Waals surface area (Å²) in [5, 5.41) is 0.775. The smallest absolute Gasteiger partial charge is 0.150 e. The first-order chi connectivity index (χ1) is 14.4. The maximum atomic E-state index is 12.1. The van der Waals surface area contributed by atoms with Gasteiger partial charge in [0.05, 0.1) is 18.1 Å². The van der Waals surface area contributed by atoms with Crippen LogP contribution < -0.4 is 10.5 Å². The van der Waals surface area contributed by atoms with Crippen molar-refractivity contribution in [2.75, 3.05) is 18.1 Å². The zero-order valence-corrected chi connectivity index (χ0v) is 18.8. The van der Waals surface area contributed by atoms with Crippen molar-refractivity contribution in [3.05, 3.63) is 64.2 Å². The zero-order chi connectivity index (χ0) is 21.1. The molecule has 4 rings (SSSR count). The number of benzene rings is 2. The van der Waals surface area contributed by atoms with Crippen molar-refractivity contribution >= 4 is 21.4 Å². The minimum atomic E-state index is -2.95. The third-order valence-electron chi connectivity index (χ3n) is 6.23. The molecule has 6 heteroatoms. The molecule has 2 aliphatic rings. The van der Waals surface area contributed by atoms with Crippen molar-refractivity contribution in [1.29, 1.82) is 0 Å². The Hall–Kier alpha value is -1.56. The van der Waals surface area contributed by atoms with E-state index in [0.29, 0.717) is 24.7 Å². The van der Waals surface area contributed by atoms with Gasteiger partial charge in [-0.2, -0.15) is 0 Å². The molecule has 2 aliphatic carbocycles. The Bertz CT molecular complexity index is 988. The Morgan fingerprint density at radius 3 is 2.67 bits per heavy atom. The molecule has 1 saturated carbocycles. The van der Waals surface area contributed by atoms with Crippen molar-refractivity contribution in [3.63, 3.8) is 0 Å². The van der Waals surface area contributed by atoms with Gasteiger partial charge in [-0.05, 0) is 79.3 Å². The lowest BCUT2D eigenvalue weighted by Gasteiger charge is -2.32. The quantitative estimate of drug-likeness (QED) is 0.573. The summed E-state index contributed by atoms with van der Waals surface area (Å²) in [4.78, 5) is 0. The molecule has 2 aromatic rings. The highest BCUT2D eigenvalue weighted by molar-refractivity contribution is 7.91. The van der Waals surface area contributed by atoms with Gasteiger partial charge in [0.2, 0.25) is 0 Å². The van der Waals surface area contributed by atoms with Crippen molar-refractivity contribution in [1.82, 2.24) is 0 Å². The van der Waals surface area contributed by atoms with Crippen LogP contribution in [0.2, 0.25) is 5.02 Å². The Kier molecular flexibility index (Phi) is 6.71. The van der Waals surface area contributed by atoms with E-state index in [1.54, 1.807) is 0 Å². The Morgan fingerprint density at radius 1 is 1.10 bits per heavy atom. The number of aryl methyl sites for hydroxylation is 1. The number of halogens is 1. The predicted octanol–water partition coefficient (Wildman–Crippen LogP) is 4.53. The van der Waals surface area contributed by atoms with E-state index in [9.17, 15) is 8.42 Å². The molecule has 0 aromatic heterocycles. The lowest BCUT2D eigenvalue weighted by atomic mass is 9.76. The molecule has 0 saturated heterocycles. The number of ether oxygens (including phenoxy) is 1. The highest BCUT2D eigenvalue weighted by atomic mass is 35.5. The molecule has 2 unspecified atom stereocenters. The van der Waals surface area contributed by atoms with Gasteiger partial charge in [0.15, 0.2) is 9.84 Å². The molecule has 0 spiro atoms. The molecule has 0 amide bonds. The van der Waals surface area contributed by atoms with Gasteiger partial charge >= 0.3 is 0 Å². The number of hydrogen-bond acceptors (Lipinski definition) is 4. The van der Waals surface area contributed by atoms with Gasteiger partial charge in [-0.25, -0.2) is 8.42 Å². The fourth-order valence-electron chi connectivity index (χ4n) is 4.35. The van der Waals surface area contributed by atoms with Crippen LogP contribution in [-0.2, 0) is 22.7 Å². The normalized spacial score (nSPS) is 21.3. The molecule has 162 valence electrons. The molecule has 2 atom stereocenters. The molecular formula is C24H30ClNO3S. The van der Waals surface area contributed by atoms with E-state index in [2.05, 4.69) is 18.2 Å². The SMILES string of the molecule is NC1CCc2ccc(OCCCS(=O)(=O)CC3CC3)cc2C1Cc1ccccc1Cl. The molecule has 0 bridgehead atoms. The first-order valence-electron chi connectivity index (χ1n) is 10.9. The zero-order valence-electron chi connectivity index (χ0n) is 17.2. The highest BCUT2D eigenvalue weighted by Crippen LogP contribution is 2.37. The van der Waals surface area contributed by atoms with Gasteiger partial charge < -0.3 is 10.5 Å². The molecular weight excluding hydrogens is 418 g/mol. The number of rotatable bonds is 9. The maximum Gasteiger partial charge on any atom is 0.150 e. The first kappa shape index (κ1) is 21.7. The average molecular weight is 448 g/mol. The molecule has 4 nitrogen and oxygen atoms in total. The van der Waals surface area contributed by atoms with Crippen LogP contribution in [0.3, 0.4) is 0 Å². The van der Waals surface area contributed by atoms with Gasteiger partial charge in [-0.15, -0.1) is 0 Å². The fraction of sp³-hybridized carbons (Fsp3) is 0.500. The van der Waals surface area contributed by atoms with E-state index in [1.807, 2.05) is 24.3 Å². The van der Waals surface area contributed by atoms with Crippen LogP contribution in [0.4, 0.5) is 0 Å². The molecule has 2 N–H and O–H groups in total. The topological polar surface area (TPSA) is 69.4 Å². The Morgan fingerprint density at radius 2 is 1.90 bits per heavy atom. The molecule has 0 aliphatic heterocycles. The molecule has 30 heavy (non-hydrogen) atoms. The summed E-state index contributed by atoms with van der Waals surface area (Å²) in [7, 11) is -2.95. The van der Waals surface area contributed by atoms with E-state index in [0.717, 1.165) is 48.4 Å². The fourth-order valence-corrected chi connectivity index (χ4v) is 6.34. The lowest BCUT2D eigenvalue weighted by molar-refractivity contribution is 0.316. The van der Waals surface area contributed by atoms with Crippen molar-refractivity contribution in [2.24, 2.45) is 11.7 Å². The van der Waals surface area contributed by atoms with E-state index in [-0.39, 0.29) is 17.7 Å². The summed E-state index contributed by atoms with van der Waals surface area (Å²) >= 11 is 6.39. The molecule has 2 aromatic carbocycles. The second-order valence-corrected chi connectivity index (χ2v) is 11.4. The summed E-state index contributed by atoms with van der Waals surface area (Å²) in [6.45, 7) is 0.407. The first-order valence-corrected chi connectivity index (χ1v) is 13.1. The number of hydrogen-bond donors (Lipinski definition) is 1. The lowest BCUT2D eigenvalue weighted by Crippen LogP contribution is -2.34. The Balaban J connectivity index is 1.40. The number of nitrogens with two attached hydrogens (primary N) is 1. The number of sulfone groups is 1. The van der Waals surface area contributed by atoms with Gasteiger partial charge in [0, 0.05) is 17.0 Å². The van der Waals surface area contributed by atoms with Crippen LogP contribution in [0.1, 0.15) is 48.3 Å².